The van der Waals surface area contributed by atoms with E-state index in [1.807, 2.05) is 29.2 Å². The van der Waals surface area contributed by atoms with Crippen LogP contribution in [0.25, 0.3) is 0 Å². The van der Waals surface area contributed by atoms with Crippen LogP contribution in [-0.4, -0.2) is 36.3 Å². The molecule has 1 fully saturated rings. The van der Waals surface area contributed by atoms with Gasteiger partial charge in [0.15, 0.2) is 0 Å². The van der Waals surface area contributed by atoms with E-state index in [1.165, 1.54) is 0 Å². The van der Waals surface area contributed by atoms with Crippen LogP contribution in [0.4, 0.5) is 0 Å². The first-order valence-corrected chi connectivity index (χ1v) is 9.23. The maximum atomic E-state index is 12.5. The van der Waals surface area contributed by atoms with Crippen LogP contribution in [0, 0.1) is 5.92 Å². The number of piperidine rings is 1. The lowest BCUT2D eigenvalue weighted by molar-refractivity contribution is -0.126. The summed E-state index contributed by atoms with van der Waals surface area (Å²) in [5.74, 6) is 0.243. The van der Waals surface area contributed by atoms with Crippen LogP contribution in [0.3, 0.4) is 0 Å². The minimum absolute atomic E-state index is 0.0446. The van der Waals surface area contributed by atoms with Crippen molar-refractivity contribution in [1.82, 2.24) is 10.2 Å². The third-order valence-corrected chi connectivity index (χ3v) is 4.80. The highest BCUT2D eigenvalue weighted by Gasteiger charge is 2.27. The zero-order valence-corrected chi connectivity index (χ0v) is 15.3. The SMILES string of the molecule is CCCCCNC(=O)C1CCN(C(=O)c2cccc(Br)c2)CC1. The lowest BCUT2D eigenvalue weighted by atomic mass is 9.95. The van der Waals surface area contributed by atoms with E-state index in [4.69, 9.17) is 0 Å². The smallest absolute Gasteiger partial charge is 0.253 e. The van der Waals surface area contributed by atoms with Crippen molar-refractivity contribution in [1.29, 1.82) is 0 Å². The van der Waals surface area contributed by atoms with Gasteiger partial charge in [-0.1, -0.05) is 41.8 Å². The minimum Gasteiger partial charge on any atom is -0.356 e. The van der Waals surface area contributed by atoms with E-state index < -0.39 is 0 Å². The number of rotatable bonds is 6. The molecule has 1 aliphatic heterocycles. The molecule has 1 aliphatic rings. The van der Waals surface area contributed by atoms with Gasteiger partial charge in [0.2, 0.25) is 5.91 Å². The molecule has 2 amide bonds. The molecule has 4 nitrogen and oxygen atoms in total. The van der Waals surface area contributed by atoms with Crippen molar-refractivity contribution >= 4 is 27.7 Å². The van der Waals surface area contributed by atoms with Gasteiger partial charge in [0.05, 0.1) is 0 Å². The quantitative estimate of drug-likeness (QED) is 0.766. The van der Waals surface area contributed by atoms with Crippen LogP contribution in [-0.2, 0) is 4.79 Å². The molecule has 0 atom stereocenters. The van der Waals surface area contributed by atoms with Crippen molar-refractivity contribution in [2.45, 2.75) is 39.0 Å². The summed E-state index contributed by atoms with van der Waals surface area (Å²) < 4.78 is 0.907. The van der Waals surface area contributed by atoms with Crippen molar-refractivity contribution in [2.24, 2.45) is 5.92 Å². The molecule has 5 heteroatoms. The average Bonchev–Trinajstić information content (AvgIpc) is 2.58. The van der Waals surface area contributed by atoms with Gasteiger partial charge in [0.25, 0.3) is 5.91 Å². The fourth-order valence-corrected chi connectivity index (χ4v) is 3.28. The molecular weight excluding hydrogens is 356 g/mol. The Bertz CT molecular complexity index is 540. The largest absolute Gasteiger partial charge is 0.356 e. The molecule has 126 valence electrons. The minimum atomic E-state index is 0.0446. The number of hydrogen-bond acceptors (Lipinski definition) is 2. The van der Waals surface area contributed by atoms with Crippen LogP contribution >= 0.6 is 15.9 Å². The Balaban J connectivity index is 1.79. The Hall–Kier alpha value is -1.36. The second kappa shape index (κ2) is 9.06. The Morgan fingerprint density at radius 2 is 2.00 bits per heavy atom. The highest BCUT2D eigenvalue weighted by atomic mass is 79.9. The standard InChI is InChI=1S/C18H25BrN2O2/c1-2-3-4-10-20-17(22)14-8-11-21(12-9-14)18(23)15-6-5-7-16(19)13-15/h5-7,13-14H,2-4,8-12H2,1H3,(H,20,22). The van der Waals surface area contributed by atoms with Gasteiger partial charge in [-0.25, -0.2) is 0 Å². The zero-order chi connectivity index (χ0) is 16.7. The maximum absolute atomic E-state index is 12.5. The van der Waals surface area contributed by atoms with Gasteiger partial charge in [0, 0.05) is 35.6 Å². The van der Waals surface area contributed by atoms with Crippen molar-refractivity contribution in [3.63, 3.8) is 0 Å². The summed E-state index contributed by atoms with van der Waals surface area (Å²) in [6.07, 6.45) is 4.85. The number of hydrogen-bond donors (Lipinski definition) is 1. The number of carbonyl (C=O) groups excluding carboxylic acids is 2. The van der Waals surface area contributed by atoms with Gasteiger partial charge in [-0.05, 0) is 37.5 Å². The molecule has 1 heterocycles. The first-order chi connectivity index (χ1) is 11.1. The first-order valence-electron chi connectivity index (χ1n) is 8.44. The van der Waals surface area contributed by atoms with Crippen LogP contribution in [0.5, 0.6) is 0 Å². The van der Waals surface area contributed by atoms with E-state index in [0.29, 0.717) is 18.7 Å². The zero-order valence-electron chi connectivity index (χ0n) is 13.7. The Labute approximate surface area is 146 Å². The molecule has 23 heavy (non-hydrogen) atoms. The number of halogens is 1. The molecule has 0 radical (unpaired) electrons. The molecule has 0 spiro atoms. The molecule has 0 aromatic heterocycles. The summed E-state index contributed by atoms with van der Waals surface area (Å²) in [5.41, 5.74) is 0.696. The van der Waals surface area contributed by atoms with Gasteiger partial charge in [-0.3, -0.25) is 9.59 Å². The molecule has 1 aromatic rings. The monoisotopic (exact) mass is 380 g/mol. The summed E-state index contributed by atoms with van der Waals surface area (Å²) in [6, 6.07) is 7.45. The van der Waals surface area contributed by atoms with Crippen LogP contribution in [0.1, 0.15) is 49.4 Å². The van der Waals surface area contributed by atoms with Crippen molar-refractivity contribution < 1.29 is 9.59 Å². The summed E-state index contributed by atoms with van der Waals surface area (Å²) in [7, 11) is 0. The topological polar surface area (TPSA) is 49.4 Å². The van der Waals surface area contributed by atoms with Crippen molar-refractivity contribution in [3.8, 4) is 0 Å². The molecule has 1 N–H and O–H groups in total. The van der Waals surface area contributed by atoms with Gasteiger partial charge >= 0.3 is 0 Å². The molecule has 0 bridgehead atoms. The molecular formula is C18H25BrN2O2. The number of carbonyl (C=O) groups is 2. The van der Waals surface area contributed by atoms with E-state index in [2.05, 4.69) is 28.2 Å². The van der Waals surface area contributed by atoms with Crippen molar-refractivity contribution in [3.05, 3.63) is 34.3 Å². The normalized spacial score (nSPS) is 15.5. The third-order valence-electron chi connectivity index (χ3n) is 4.30. The summed E-state index contributed by atoms with van der Waals surface area (Å²) >= 11 is 3.39. The first kappa shape index (κ1) is 18.0. The fraction of sp³-hybridized carbons (Fsp3) is 0.556. The van der Waals surface area contributed by atoms with E-state index in [0.717, 1.165) is 43.1 Å². The second-order valence-electron chi connectivity index (χ2n) is 6.07. The Kier molecular flexibility index (Phi) is 7.09. The average molecular weight is 381 g/mol. The van der Waals surface area contributed by atoms with Gasteiger partial charge in [-0.15, -0.1) is 0 Å². The van der Waals surface area contributed by atoms with E-state index in [-0.39, 0.29) is 17.7 Å². The molecule has 2 rings (SSSR count). The van der Waals surface area contributed by atoms with Crippen LogP contribution in [0.15, 0.2) is 28.7 Å². The highest BCUT2D eigenvalue weighted by molar-refractivity contribution is 9.10. The molecule has 1 aromatic carbocycles. The number of nitrogens with one attached hydrogen (secondary N) is 1. The molecule has 0 aliphatic carbocycles. The number of unbranched alkanes of at least 4 members (excludes halogenated alkanes) is 2. The summed E-state index contributed by atoms with van der Waals surface area (Å²) in [6.45, 7) is 4.22. The number of nitrogens with zero attached hydrogens (tertiary/aromatic N) is 1. The lowest BCUT2D eigenvalue weighted by Crippen LogP contribution is -2.43. The van der Waals surface area contributed by atoms with E-state index in [9.17, 15) is 9.59 Å². The predicted octanol–water partition coefficient (Wildman–Crippen LogP) is 3.61. The van der Waals surface area contributed by atoms with Gasteiger partial charge in [0.1, 0.15) is 0 Å². The number of benzene rings is 1. The van der Waals surface area contributed by atoms with E-state index in [1.54, 1.807) is 0 Å². The van der Waals surface area contributed by atoms with Crippen LogP contribution in [0.2, 0.25) is 0 Å². The maximum Gasteiger partial charge on any atom is 0.253 e. The second-order valence-corrected chi connectivity index (χ2v) is 6.99. The van der Waals surface area contributed by atoms with E-state index >= 15 is 0 Å². The van der Waals surface area contributed by atoms with Gasteiger partial charge < -0.3 is 10.2 Å². The third kappa shape index (κ3) is 5.34. The van der Waals surface area contributed by atoms with Gasteiger partial charge in [-0.2, -0.15) is 0 Å². The van der Waals surface area contributed by atoms with Crippen LogP contribution < -0.4 is 5.32 Å². The Morgan fingerprint density at radius 3 is 2.65 bits per heavy atom. The lowest BCUT2D eigenvalue weighted by Gasteiger charge is -2.31. The van der Waals surface area contributed by atoms with Crippen molar-refractivity contribution in [2.75, 3.05) is 19.6 Å². The molecule has 0 saturated carbocycles. The summed E-state index contributed by atoms with van der Waals surface area (Å²) in [5, 5.41) is 3.02. The fourth-order valence-electron chi connectivity index (χ4n) is 2.88. The molecule has 1 saturated heterocycles. The highest BCUT2D eigenvalue weighted by Crippen LogP contribution is 2.20. The Morgan fingerprint density at radius 1 is 1.26 bits per heavy atom. The molecule has 0 unspecified atom stereocenters. The number of amides is 2. The summed E-state index contributed by atoms with van der Waals surface area (Å²) in [4.78, 5) is 26.5. The number of likely N-dealkylation sites (tertiary alicyclic amines) is 1. The predicted molar refractivity (Wildman–Crippen MR) is 95.3 cm³/mol.